The van der Waals surface area contributed by atoms with E-state index in [1.807, 2.05) is 44.2 Å². The molecule has 4 rings (SSSR count). The molecule has 0 radical (unpaired) electrons. The second-order valence-corrected chi connectivity index (χ2v) is 7.89. The van der Waals surface area contributed by atoms with Crippen molar-refractivity contribution in [3.05, 3.63) is 65.2 Å². The van der Waals surface area contributed by atoms with Gasteiger partial charge in [0.05, 0.1) is 11.6 Å². The van der Waals surface area contributed by atoms with Crippen molar-refractivity contribution in [3.8, 4) is 17.8 Å². The lowest BCUT2D eigenvalue weighted by Gasteiger charge is -2.27. The molecule has 2 heterocycles. The zero-order chi connectivity index (χ0) is 22.5. The molecule has 1 N–H and O–H groups in total. The summed E-state index contributed by atoms with van der Waals surface area (Å²) in [6.07, 6.45) is 5.26. The molecule has 0 amide bonds. The fourth-order valence-corrected chi connectivity index (χ4v) is 3.79. The van der Waals surface area contributed by atoms with Gasteiger partial charge in [0, 0.05) is 18.8 Å². The van der Waals surface area contributed by atoms with Crippen LogP contribution in [0.25, 0.3) is 6.08 Å². The first-order chi connectivity index (χ1) is 15.6. The lowest BCUT2D eigenvalue weighted by Crippen LogP contribution is -2.31. The SMILES string of the molecule is C=Cc1cc(C)c(Oc2nc(Nc3ccc(C#N)cc3)nc(N3CCCCC3)n2)c(C)c1. The molecule has 0 saturated carbocycles. The quantitative estimate of drug-likeness (QED) is 0.554. The van der Waals surface area contributed by atoms with Crippen LogP contribution in [0.1, 0.15) is 41.5 Å². The molecule has 2 aromatic carbocycles. The van der Waals surface area contributed by atoms with E-state index in [4.69, 9.17) is 10.00 Å². The van der Waals surface area contributed by atoms with Gasteiger partial charge in [0.25, 0.3) is 0 Å². The first-order valence-electron chi connectivity index (χ1n) is 10.8. The molecule has 0 unspecified atom stereocenters. The smallest absolute Gasteiger partial charge is 0.328 e. The highest BCUT2D eigenvalue weighted by Gasteiger charge is 2.18. The Labute approximate surface area is 188 Å². The molecule has 1 aliphatic heterocycles. The summed E-state index contributed by atoms with van der Waals surface area (Å²) in [5.74, 6) is 1.73. The van der Waals surface area contributed by atoms with Gasteiger partial charge in [-0.1, -0.05) is 12.7 Å². The van der Waals surface area contributed by atoms with Gasteiger partial charge >= 0.3 is 6.01 Å². The summed E-state index contributed by atoms with van der Waals surface area (Å²) in [5, 5.41) is 12.2. The minimum Gasteiger partial charge on any atom is -0.424 e. The maximum absolute atomic E-state index is 9.02. The Morgan fingerprint density at radius 2 is 1.72 bits per heavy atom. The van der Waals surface area contributed by atoms with Gasteiger partial charge in [-0.3, -0.25) is 0 Å². The first-order valence-corrected chi connectivity index (χ1v) is 10.8. The van der Waals surface area contributed by atoms with Crippen LogP contribution in [0.2, 0.25) is 0 Å². The third-order valence-corrected chi connectivity index (χ3v) is 5.42. The van der Waals surface area contributed by atoms with Crippen molar-refractivity contribution in [2.45, 2.75) is 33.1 Å². The summed E-state index contributed by atoms with van der Waals surface area (Å²) in [4.78, 5) is 16.0. The van der Waals surface area contributed by atoms with Crippen molar-refractivity contribution in [2.75, 3.05) is 23.3 Å². The summed E-state index contributed by atoms with van der Waals surface area (Å²) in [7, 11) is 0. The zero-order valence-corrected chi connectivity index (χ0v) is 18.4. The molecule has 3 aromatic rings. The molecule has 162 valence electrons. The average Bonchev–Trinajstić information content (AvgIpc) is 2.82. The van der Waals surface area contributed by atoms with Crippen molar-refractivity contribution in [3.63, 3.8) is 0 Å². The highest BCUT2D eigenvalue weighted by atomic mass is 16.5. The number of ether oxygens (including phenoxy) is 1. The molecule has 7 nitrogen and oxygen atoms in total. The largest absolute Gasteiger partial charge is 0.424 e. The maximum Gasteiger partial charge on any atom is 0.328 e. The number of hydrogen-bond donors (Lipinski definition) is 1. The molecular weight excluding hydrogens is 400 g/mol. The third-order valence-electron chi connectivity index (χ3n) is 5.42. The van der Waals surface area contributed by atoms with Gasteiger partial charge in [-0.25, -0.2) is 0 Å². The van der Waals surface area contributed by atoms with E-state index >= 15 is 0 Å². The summed E-state index contributed by atoms with van der Waals surface area (Å²) in [6.45, 7) is 9.66. The highest BCUT2D eigenvalue weighted by Crippen LogP contribution is 2.30. The Morgan fingerprint density at radius 3 is 2.34 bits per heavy atom. The van der Waals surface area contributed by atoms with E-state index in [0.29, 0.717) is 17.5 Å². The number of nitrogens with zero attached hydrogens (tertiary/aromatic N) is 5. The second-order valence-electron chi connectivity index (χ2n) is 7.89. The van der Waals surface area contributed by atoms with Crippen LogP contribution in [0.3, 0.4) is 0 Å². The Bertz CT molecular complexity index is 1140. The lowest BCUT2D eigenvalue weighted by molar-refractivity contribution is 0.432. The minimum absolute atomic E-state index is 0.245. The molecule has 1 aromatic heterocycles. The van der Waals surface area contributed by atoms with E-state index in [0.717, 1.165) is 54.1 Å². The average molecular weight is 427 g/mol. The van der Waals surface area contributed by atoms with Gasteiger partial charge in [0.15, 0.2) is 0 Å². The van der Waals surface area contributed by atoms with Crippen molar-refractivity contribution >= 4 is 23.7 Å². The standard InChI is InChI=1S/C25H26N6O/c1-4-19-14-17(2)22(18(3)15-19)32-25-29-23(27-21-10-8-20(16-26)9-11-21)28-24(30-25)31-12-6-5-7-13-31/h4,8-11,14-15H,1,5-7,12-13H2,2-3H3,(H,27,28,29,30). The van der Waals surface area contributed by atoms with Gasteiger partial charge in [-0.15, -0.1) is 0 Å². The van der Waals surface area contributed by atoms with E-state index in [1.54, 1.807) is 12.1 Å². The number of nitrogens with one attached hydrogen (secondary N) is 1. The van der Waals surface area contributed by atoms with Crippen molar-refractivity contribution in [1.82, 2.24) is 15.0 Å². The molecular formula is C25H26N6O. The summed E-state index contributed by atoms with van der Waals surface area (Å²) < 4.78 is 6.18. The number of hydrogen-bond acceptors (Lipinski definition) is 7. The van der Waals surface area contributed by atoms with Crippen LogP contribution in [0.15, 0.2) is 43.0 Å². The van der Waals surface area contributed by atoms with Crippen molar-refractivity contribution < 1.29 is 4.74 Å². The van der Waals surface area contributed by atoms with Crippen LogP contribution >= 0.6 is 0 Å². The van der Waals surface area contributed by atoms with Crippen molar-refractivity contribution in [2.24, 2.45) is 0 Å². The summed E-state index contributed by atoms with van der Waals surface area (Å²) in [6, 6.07) is 13.6. The fraction of sp³-hybridized carbons (Fsp3) is 0.280. The summed E-state index contributed by atoms with van der Waals surface area (Å²) in [5.41, 5.74) is 4.40. The number of nitriles is 1. The minimum atomic E-state index is 0.245. The molecule has 0 aliphatic carbocycles. The predicted octanol–water partition coefficient (Wildman–Crippen LogP) is 5.53. The predicted molar refractivity (Wildman–Crippen MR) is 126 cm³/mol. The molecule has 1 saturated heterocycles. The van der Waals surface area contributed by atoms with Crippen LogP contribution in [0.5, 0.6) is 11.8 Å². The van der Waals surface area contributed by atoms with Crippen LogP contribution < -0.4 is 15.0 Å². The lowest BCUT2D eigenvalue weighted by atomic mass is 10.1. The van der Waals surface area contributed by atoms with Gasteiger partial charge in [0.1, 0.15) is 5.75 Å². The summed E-state index contributed by atoms with van der Waals surface area (Å²) >= 11 is 0. The first kappa shape index (κ1) is 21.3. The number of aryl methyl sites for hydroxylation is 2. The topological polar surface area (TPSA) is 87.0 Å². The number of piperidine rings is 1. The van der Waals surface area contributed by atoms with E-state index < -0.39 is 0 Å². The Kier molecular flexibility index (Phi) is 6.31. The van der Waals surface area contributed by atoms with Crippen LogP contribution in [0, 0.1) is 25.2 Å². The van der Waals surface area contributed by atoms with E-state index in [-0.39, 0.29) is 6.01 Å². The van der Waals surface area contributed by atoms with E-state index in [9.17, 15) is 0 Å². The zero-order valence-electron chi connectivity index (χ0n) is 18.4. The number of anilines is 3. The van der Waals surface area contributed by atoms with E-state index in [2.05, 4.69) is 37.8 Å². The molecule has 1 aliphatic rings. The Balaban J connectivity index is 1.68. The second kappa shape index (κ2) is 9.48. The van der Waals surface area contributed by atoms with Gasteiger partial charge in [0.2, 0.25) is 11.9 Å². The number of benzene rings is 2. The molecule has 1 fully saturated rings. The van der Waals surface area contributed by atoms with Crippen LogP contribution in [-0.4, -0.2) is 28.0 Å². The number of aromatic nitrogens is 3. The highest BCUT2D eigenvalue weighted by molar-refractivity contribution is 5.57. The van der Waals surface area contributed by atoms with Gasteiger partial charge < -0.3 is 15.0 Å². The molecule has 0 atom stereocenters. The Morgan fingerprint density at radius 1 is 1.03 bits per heavy atom. The van der Waals surface area contributed by atoms with Crippen LogP contribution in [0.4, 0.5) is 17.6 Å². The van der Waals surface area contributed by atoms with E-state index in [1.165, 1.54) is 6.42 Å². The van der Waals surface area contributed by atoms with Gasteiger partial charge in [-0.2, -0.15) is 20.2 Å². The van der Waals surface area contributed by atoms with Gasteiger partial charge in [-0.05, 0) is 86.2 Å². The maximum atomic E-state index is 9.02. The monoisotopic (exact) mass is 426 g/mol. The molecule has 0 bridgehead atoms. The van der Waals surface area contributed by atoms with Crippen molar-refractivity contribution in [1.29, 1.82) is 5.26 Å². The molecule has 7 heteroatoms. The fourth-order valence-electron chi connectivity index (χ4n) is 3.79. The Hall–Kier alpha value is -3.92. The van der Waals surface area contributed by atoms with Crippen LogP contribution in [-0.2, 0) is 0 Å². The number of rotatable bonds is 6. The molecule has 0 spiro atoms. The third kappa shape index (κ3) is 4.86. The normalized spacial score (nSPS) is 13.3. The molecule has 32 heavy (non-hydrogen) atoms.